The molecule has 0 aliphatic carbocycles. The van der Waals surface area contributed by atoms with Gasteiger partial charge in [0, 0.05) is 26.7 Å². The first kappa shape index (κ1) is 15.2. The normalized spacial score (nSPS) is 10.8. The van der Waals surface area contributed by atoms with E-state index in [2.05, 4.69) is 0 Å². The Hall–Kier alpha value is -1.66. The summed E-state index contributed by atoms with van der Waals surface area (Å²) in [7, 11) is -0.0505. The third-order valence-electron chi connectivity index (χ3n) is 3.45. The lowest BCUT2D eigenvalue weighted by Gasteiger charge is -2.14. The molecule has 0 amide bonds. The van der Waals surface area contributed by atoms with Crippen molar-refractivity contribution in [2.45, 2.75) is 0 Å². The van der Waals surface area contributed by atoms with Gasteiger partial charge >= 0.3 is 0 Å². The summed E-state index contributed by atoms with van der Waals surface area (Å²) in [5.41, 5.74) is 3.50. The SMILES string of the molecule is O=Pc1cccc(-c2ccccc2Cl)c1-c1ccccc1Cl. The van der Waals surface area contributed by atoms with Gasteiger partial charge in [0.15, 0.2) is 8.46 Å². The Morgan fingerprint density at radius 1 is 0.636 bits per heavy atom. The van der Waals surface area contributed by atoms with Gasteiger partial charge in [-0.3, -0.25) is 4.57 Å². The second kappa shape index (κ2) is 6.62. The van der Waals surface area contributed by atoms with Gasteiger partial charge in [0.2, 0.25) is 0 Å². The predicted octanol–water partition coefficient (Wildman–Crippen LogP) is 6.24. The monoisotopic (exact) mass is 344 g/mol. The summed E-state index contributed by atoms with van der Waals surface area (Å²) in [4.78, 5) is 0. The summed E-state index contributed by atoms with van der Waals surface area (Å²) in [6.07, 6.45) is 0. The van der Waals surface area contributed by atoms with Crippen LogP contribution in [-0.2, 0) is 4.57 Å². The standard InChI is InChI=1S/C18H11Cl2OP/c19-15-9-3-1-6-12(15)13-8-5-11-17(22-21)18(13)14-7-2-4-10-16(14)20/h1-11H. The molecule has 4 heteroatoms. The molecule has 3 rings (SSSR count). The van der Waals surface area contributed by atoms with E-state index >= 15 is 0 Å². The summed E-state index contributed by atoms with van der Waals surface area (Å²) >= 11 is 12.7. The molecule has 0 unspecified atom stereocenters. The van der Waals surface area contributed by atoms with E-state index < -0.39 is 0 Å². The molecular formula is C18H11Cl2OP. The van der Waals surface area contributed by atoms with Crippen LogP contribution in [0.2, 0.25) is 10.0 Å². The van der Waals surface area contributed by atoms with Gasteiger partial charge in [-0.15, -0.1) is 0 Å². The molecule has 3 aromatic carbocycles. The molecule has 0 bridgehead atoms. The van der Waals surface area contributed by atoms with Crippen LogP contribution in [0, 0.1) is 0 Å². The first-order valence-corrected chi connectivity index (χ1v) is 8.25. The lowest BCUT2D eigenvalue weighted by molar-refractivity contribution is 0.603. The maximum absolute atomic E-state index is 11.6. The van der Waals surface area contributed by atoms with E-state index in [1.54, 1.807) is 0 Å². The van der Waals surface area contributed by atoms with E-state index in [9.17, 15) is 4.57 Å². The molecule has 0 aromatic heterocycles. The van der Waals surface area contributed by atoms with E-state index in [-0.39, 0.29) is 8.46 Å². The van der Waals surface area contributed by atoms with Crippen molar-refractivity contribution in [1.29, 1.82) is 0 Å². The summed E-state index contributed by atoms with van der Waals surface area (Å²) in [5.74, 6) is 0. The predicted molar refractivity (Wildman–Crippen MR) is 94.6 cm³/mol. The zero-order valence-corrected chi connectivity index (χ0v) is 13.9. The Bertz CT molecular complexity index is 846. The molecule has 0 N–H and O–H groups in total. The largest absolute Gasteiger partial charge is 0.269 e. The van der Waals surface area contributed by atoms with Crippen molar-refractivity contribution in [3.05, 3.63) is 76.8 Å². The molecule has 0 atom stereocenters. The smallest absolute Gasteiger partial charge is 0.192 e. The van der Waals surface area contributed by atoms with Crippen molar-refractivity contribution in [1.82, 2.24) is 0 Å². The molecule has 0 spiro atoms. The lowest BCUT2D eigenvalue weighted by Crippen LogP contribution is -2.01. The maximum atomic E-state index is 11.6. The number of benzene rings is 3. The zero-order chi connectivity index (χ0) is 15.5. The quantitative estimate of drug-likeness (QED) is 0.513. The molecule has 0 aliphatic heterocycles. The number of halogens is 2. The fraction of sp³-hybridized carbons (Fsp3) is 0. The fourth-order valence-corrected chi connectivity index (χ4v) is 3.41. The highest BCUT2D eigenvalue weighted by molar-refractivity contribution is 7.34. The Balaban J connectivity index is 2.36. The summed E-state index contributed by atoms with van der Waals surface area (Å²) in [6.45, 7) is 0. The van der Waals surface area contributed by atoms with Crippen molar-refractivity contribution in [2.75, 3.05) is 0 Å². The zero-order valence-electron chi connectivity index (χ0n) is 11.5. The molecule has 22 heavy (non-hydrogen) atoms. The number of rotatable bonds is 3. The minimum Gasteiger partial charge on any atom is -0.269 e. The topological polar surface area (TPSA) is 17.1 Å². The third kappa shape index (κ3) is 2.80. The van der Waals surface area contributed by atoms with Crippen LogP contribution >= 0.6 is 31.7 Å². The van der Waals surface area contributed by atoms with Gasteiger partial charge in [0.25, 0.3) is 0 Å². The minimum absolute atomic E-state index is 0.0505. The lowest BCUT2D eigenvalue weighted by atomic mass is 9.94. The summed E-state index contributed by atoms with van der Waals surface area (Å²) in [6, 6.07) is 20.8. The number of hydrogen-bond donors (Lipinski definition) is 0. The first-order chi connectivity index (χ1) is 10.7. The Kier molecular flexibility index (Phi) is 4.59. The molecular weight excluding hydrogens is 334 g/mol. The second-order valence-electron chi connectivity index (χ2n) is 4.75. The first-order valence-electron chi connectivity index (χ1n) is 6.68. The van der Waals surface area contributed by atoms with Gasteiger partial charge in [0.05, 0.1) is 5.30 Å². The highest BCUT2D eigenvalue weighted by Gasteiger charge is 2.16. The molecule has 108 valence electrons. The van der Waals surface area contributed by atoms with Gasteiger partial charge in [-0.25, -0.2) is 0 Å². The van der Waals surface area contributed by atoms with E-state index in [0.717, 1.165) is 22.3 Å². The van der Waals surface area contributed by atoms with E-state index in [1.165, 1.54) is 0 Å². The molecule has 0 aliphatic rings. The molecule has 1 nitrogen and oxygen atoms in total. The fourth-order valence-electron chi connectivity index (χ4n) is 2.47. The van der Waals surface area contributed by atoms with Crippen molar-refractivity contribution >= 4 is 37.0 Å². The van der Waals surface area contributed by atoms with Crippen LogP contribution in [0.4, 0.5) is 0 Å². The van der Waals surface area contributed by atoms with Crippen LogP contribution in [-0.4, -0.2) is 0 Å². The number of hydrogen-bond acceptors (Lipinski definition) is 1. The third-order valence-corrected chi connectivity index (χ3v) is 4.68. The van der Waals surface area contributed by atoms with Gasteiger partial charge in [-0.2, -0.15) is 0 Å². The average molecular weight is 345 g/mol. The van der Waals surface area contributed by atoms with Crippen molar-refractivity contribution in [3.63, 3.8) is 0 Å². The van der Waals surface area contributed by atoms with Gasteiger partial charge in [-0.1, -0.05) is 71.7 Å². The van der Waals surface area contributed by atoms with Crippen LogP contribution in [0.1, 0.15) is 0 Å². The molecule has 0 saturated carbocycles. The Morgan fingerprint density at radius 2 is 1.18 bits per heavy atom. The van der Waals surface area contributed by atoms with Gasteiger partial charge in [0.1, 0.15) is 0 Å². The van der Waals surface area contributed by atoms with Crippen LogP contribution in [0.15, 0.2) is 66.7 Å². The molecule has 0 fully saturated rings. The van der Waals surface area contributed by atoms with E-state index in [0.29, 0.717) is 15.3 Å². The Labute approximate surface area is 140 Å². The Morgan fingerprint density at radius 3 is 1.77 bits per heavy atom. The van der Waals surface area contributed by atoms with Gasteiger partial charge < -0.3 is 0 Å². The van der Waals surface area contributed by atoms with E-state index in [1.807, 2.05) is 66.7 Å². The molecule has 0 saturated heterocycles. The van der Waals surface area contributed by atoms with E-state index in [4.69, 9.17) is 23.2 Å². The minimum atomic E-state index is -0.0505. The van der Waals surface area contributed by atoms with Crippen LogP contribution < -0.4 is 5.30 Å². The van der Waals surface area contributed by atoms with Crippen LogP contribution in [0.5, 0.6) is 0 Å². The van der Waals surface area contributed by atoms with Gasteiger partial charge in [-0.05, 0) is 23.8 Å². The molecule has 0 radical (unpaired) electrons. The summed E-state index contributed by atoms with van der Waals surface area (Å²) < 4.78 is 11.6. The van der Waals surface area contributed by atoms with Crippen LogP contribution in [0.3, 0.4) is 0 Å². The highest BCUT2D eigenvalue weighted by Crippen LogP contribution is 2.38. The second-order valence-corrected chi connectivity index (χ2v) is 6.23. The maximum Gasteiger partial charge on any atom is 0.192 e. The van der Waals surface area contributed by atoms with Crippen molar-refractivity contribution in [3.8, 4) is 22.3 Å². The van der Waals surface area contributed by atoms with Crippen LogP contribution in [0.25, 0.3) is 22.3 Å². The highest BCUT2D eigenvalue weighted by atomic mass is 35.5. The molecule has 0 heterocycles. The summed E-state index contributed by atoms with van der Waals surface area (Å²) in [5, 5.41) is 1.95. The average Bonchev–Trinajstić information content (AvgIpc) is 2.55. The van der Waals surface area contributed by atoms with Crippen molar-refractivity contribution < 1.29 is 4.57 Å². The molecule has 3 aromatic rings. The van der Waals surface area contributed by atoms with Crippen molar-refractivity contribution in [2.24, 2.45) is 0 Å².